The summed E-state index contributed by atoms with van der Waals surface area (Å²) >= 11 is 0. The Balaban J connectivity index is 1.61. The van der Waals surface area contributed by atoms with Crippen molar-refractivity contribution in [2.75, 3.05) is 4.90 Å². The summed E-state index contributed by atoms with van der Waals surface area (Å²) in [7, 11) is 0. The zero-order valence-electron chi connectivity index (χ0n) is 14.5. The smallest absolute Gasteiger partial charge is 0.259 e. The number of carbonyl (C=O) groups excluding carboxylic acids is 3. The van der Waals surface area contributed by atoms with Gasteiger partial charge >= 0.3 is 0 Å². The summed E-state index contributed by atoms with van der Waals surface area (Å²) < 4.78 is 5.79. The maximum atomic E-state index is 13.0. The van der Waals surface area contributed by atoms with Gasteiger partial charge in [0.2, 0.25) is 17.7 Å². The van der Waals surface area contributed by atoms with E-state index in [1.807, 2.05) is 0 Å². The van der Waals surface area contributed by atoms with Crippen LogP contribution >= 0.6 is 0 Å². The molecule has 9 nitrogen and oxygen atoms in total. The van der Waals surface area contributed by atoms with Gasteiger partial charge in [0.25, 0.3) is 5.91 Å². The lowest BCUT2D eigenvalue weighted by Gasteiger charge is -2.30. The van der Waals surface area contributed by atoms with E-state index in [-0.39, 0.29) is 24.7 Å². The minimum absolute atomic E-state index is 0.183. The lowest BCUT2D eigenvalue weighted by atomic mass is 10.0. The molecular formula is C19H13N5O4. The van der Waals surface area contributed by atoms with Gasteiger partial charge in [-0.1, -0.05) is 6.07 Å². The Morgan fingerprint density at radius 3 is 2.71 bits per heavy atom. The monoisotopic (exact) mass is 375 g/mol. The lowest BCUT2D eigenvalue weighted by Crippen LogP contribution is -2.53. The second-order valence-corrected chi connectivity index (χ2v) is 6.50. The molecule has 1 unspecified atom stereocenters. The maximum Gasteiger partial charge on any atom is 0.259 e. The summed E-state index contributed by atoms with van der Waals surface area (Å²) in [4.78, 5) is 50.4. The molecule has 1 atom stereocenters. The highest BCUT2D eigenvalue weighted by atomic mass is 16.5. The molecule has 5 rings (SSSR count). The highest BCUT2D eigenvalue weighted by Gasteiger charge is 2.41. The van der Waals surface area contributed by atoms with Crippen molar-refractivity contribution in [1.29, 1.82) is 0 Å². The number of imide groups is 1. The Morgan fingerprint density at radius 1 is 1.11 bits per heavy atom. The lowest BCUT2D eigenvalue weighted by molar-refractivity contribution is -0.134. The second kappa shape index (κ2) is 6.08. The van der Waals surface area contributed by atoms with Crippen LogP contribution in [-0.2, 0) is 9.59 Å². The number of anilines is 1. The van der Waals surface area contributed by atoms with Crippen LogP contribution in [0, 0.1) is 0 Å². The van der Waals surface area contributed by atoms with E-state index in [0.29, 0.717) is 33.7 Å². The summed E-state index contributed by atoms with van der Waals surface area (Å²) in [6, 6.07) is 4.49. The van der Waals surface area contributed by atoms with Gasteiger partial charge < -0.3 is 4.74 Å². The number of aromatic nitrogens is 3. The quantitative estimate of drug-likeness (QED) is 0.691. The largest absolute Gasteiger partial charge is 0.435 e. The Hall–Kier alpha value is -3.88. The van der Waals surface area contributed by atoms with E-state index in [1.165, 1.54) is 29.8 Å². The fraction of sp³-hybridized carbons (Fsp3) is 0.158. The Kier molecular flexibility index (Phi) is 3.54. The molecule has 1 fully saturated rings. The Morgan fingerprint density at radius 2 is 1.93 bits per heavy atom. The topological polar surface area (TPSA) is 114 Å². The number of ether oxygens (including phenoxy) is 1. The average molecular weight is 375 g/mol. The fourth-order valence-electron chi connectivity index (χ4n) is 3.63. The molecule has 2 aromatic heterocycles. The fourth-order valence-corrected chi connectivity index (χ4v) is 3.63. The third-order valence-electron chi connectivity index (χ3n) is 4.84. The SMILES string of the molecule is O=C1CCC(N2C(=O)c3cccc4c(Oc5cncnc5)ncc2c34)C(=O)N1. The van der Waals surface area contributed by atoms with Gasteiger partial charge in [-0.25, -0.2) is 15.0 Å². The van der Waals surface area contributed by atoms with E-state index in [9.17, 15) is 14.4 Å². The van der Waals surface area contributed by atoms with Gasteiger partial charge in [-0.15, -0.1) is 0 Å². The highest BCUT2D eigenvalue weighted by Crippen LogP contribution is 2.42. The van der Waals surface area contributed by atoms with Crippen molar-refractivity contribution >= 4 is 34.2 Å². The maximum absolute atomic E-state index is 13.0. The van der Waals surface area contributed by atoms with E-state index in [4.69, 9.17) is 4.74 Å². The molecule has 2 aliphatic heterocycles. The van der Waals surface area contributed by atoms with Crippen molar-refractivity contribution in [3.8, 4) is 11.6 Å². The zero-order valence-corrected chi connectivity index (χ0v) is 14.5. The third-order valence-corrected chi connectivity index (χ3v) is 4.84. The van der Waals surface area contributed by atoms with Crippen molar-refractivity contribution in [3.63, 3.8) is 0 Å². The first kappa shape index (κ1) is 16.3. The minimum Gasteiger partial charge on any atom is -0.435 e. The normalized spacial score (nSPS) is 18.5. The van der Waals surface area contributed by atoms with E-state index in [2.05, 4.69) is 20.3 Å². The first-order chi connectivity index (χ1) is 13.6. The number of nitrogens with zero attached hydrogens (tertiary/aromatic N) is 4. The number of piperidine rings is 1. The zero-order chi connectivity index (χ0) is 19.3. The predicted octanol–water partition coefficient (Wildman–Crippen LogP) is 1.58. The van der Waals surface area contributed by atoms with Crippen LogP contribution in [0.2, 0.25) is 0 Å². The number of amides is 3. The van der Waals surface area contributed by atoms with Crippen LogP contribution in [0.15, 0.2) is 43.1 Å². The standard InChI is InChI=1S/C19H13N5O4/c25-15-5-4-13(17(26)23-15)24-14-8-22-18(28-10-6-20-9-21-7-10)11-2-1-3-12(16(11)14)19(24)27/h1-3,6-9,13H,4-5H2,(H,23,25,26). The summed E-state index contributed by atoms with van der Waals surface area (Å²) in [5.74, 6) is -0.373. The molecule has 4 heterocycles. The van der Waals surface area contributed by atoms with Gasteiger partial charge in [0.15, 0.2) is 5.75 Å². The molecule has 2 aliphatic rings. The van der Waals surface area contributed by atoms with Gasteiger partial charge in [-0.2, -0.15) is 0 Å². The molecule has 0 radical (unpaired) electrons. The van der Waals surface area contributed by atoms with Crippen molar-refractivity contribution in [2.45, 2.75) is 18.9 Å². The molecule has 1 aromatic carbocycles. The van der Waals surface area contributed by atoms with Crippen molar-refractivity contribution in [3.05, 3.63) is 48.7 Å². The summed E-state index contributed by atoms with van der Waals surface area (Å²) in [6.45, 7) is 0. The summed E-state index contributed by atoms with van der Waals surface area (Å²) in [5, 5.41) is 3.61. The summed E-state index contributed by atoms with van der Waals surface area (Å²) in [5.41, 5.74) is 0.996. The number of rotatable bonds is 3. The van der Waals surface area contributed by atoms with Crippen LogP contribution in [0.4, 0.5) is 5.69 Å². The number of carbonyl (C=O) groups is 3. The molecule has 1 N–H and O–H groups in total. The van der Waals surface area contributed by atoms with E-state index in [0.717, 1.165) is 0 Å². The molecular weight excluding hydrogens is 362 g/mol. The van der Waals surface area contributed by atoms with Gasteiger partial charge in [-0.3, -0.25) is 24.6 Å². The Labute approximate surface area is 158 Å². The number of pyridine rings is 1. The molecule has 28 heavy (non-hydrogen) atoms. The Bertz CT molecular complexity index is 1150. The van der Waals surface area contributed by atoms with Gasteiger partial charge in [0.1, 0.15) is 12.4 Å². The van der Waals surface area contributed by atoms with Gasteiger partial charge in [0, 0.05) is 17.2 Å². The van der Waals surface area contributed by atoms with E-state index < -0.39 is 11.9 Å². The van der Waals surface area contributed by atoms with Crippen molar-refractivity contribution < 1.29 is 19.1 Å². The van der Waals surface area contributed by atoms with Crippen LogP contribution in [-0.4, -0.2) is 38.7 Å². The molecule has 9 heteroatoms. The van der Waals surface area contributed by atoms with E-state index >= 15 is 0 Å². The molecule has 0 aliphatic carbocycles. The summed E-state index contributed by atoms with van der Waals surface area (Å²) in [6.07, 6.45) is 6.38. The van der Waals surface area contributed by atoms with Gasteiger partial charge in [0.05, 0.1) is 29.8 Å². The average Bonchev–Trinajstić information content (AvgIpc) is 2.98. The highest BCUT2D eigenvalue weighted by molar-refractivity contribution is 6.27. The molecule has 1 saturated heterocycles. The molecule has 0 bridgehead atoms. The number of hydrogen-bond acceptors (Lipinski definition) is 7. The van der Waals surface area contributed by atoms with Crippen LogP contribution in [0.5, 0.6) is 11.6 Å². The van der Waals surface area contributed by atoms with Gasteiger partial charge in [-0.05, 0) is 18.6 Å². The second-order valence-electron chi connectivity index (χ2n) is 6.50. The van der Waals surface area contributed by atoms with Crippen molar-refractivity contribution in [1.82, 2.24) is 20.3 Å². The molecule has 3 amide bonds. The first-order valence-corrected chi connectivity index (χ1v) is 8.65. The number of benzene rings is 1. The molecule has 0 saturated carbocycles. The van der Waals surface area contributed by atoms with Crippen LogP contribution in [0.1, 0.15) is 23.2 Å². The van der Waals surface area contributed by atoms with Crippen LogP contribution < -0.4 is 15.0 Å². The van der Waals surface area contributed by atoms with Crippen LogP contribution in [0.3, 0.4) is 0 Å². The minimum atomic E-state index is -0.753. The third kappa shape index (κ3) is 2.40. The number of hydrogen-bond donors (Lipinski definition) is 1. The predicted molar refractivity (Wildman–Crippen MR) is 96.8 cm³/mol. The van der Waals surface area contributed by atoms with Crippen molar-refractivity contribution in [2.24, 2.45) is 0 Å². The van der Waals surface area contributed by atoms with Crippen LogP contribution in [0.25, 0.3) is 10.8 Å². The molecule has 3 aromatic rings. The molecule has 0 spiro atoms. The number of nitrogens with one attached hydrogen (secondary N) is 1. The molecule has 138 valence electrons. The first-order valence-electron chi connectivity index (χ1n) is 8.65. The van der Waals surface area contributed by atoms with E-state index in [1.54, 1.807) is 18.2 Å².